The van der Waals surface area contributed by atoms with Crippen molar-refractivity contribution in [3.8, 4) is 5.75 Å². The Hall–Kier alpha value is -3.52. The lowest BCUT2D eigenvalue weighted by Gasteiger charge is -2.22. The summed E-state index contributed by atoms with van der Waals surface area (Å²) >= 11 is 1.22. The molecule has 1 aliphatic heterocycles. The molecule has 1 fully saturated rings. The first kappa shape index (κ1) is 19.8. The number of ether oxygens (including phenoxy) is 1. The van der Waals surface area contributed by atoms with Gasteiger partial charge in [-0.1, -0.05) is 41.2 Å². The normalized spacial score (nSPS) is 18.1. The third-order valence-corrected chi connectivity index (χ3v) is 5.76. The van der Waals surface area contributed by atoms with E-state index in [-0.39, 0.29) is 11.3 Å². The van der Waals surface area contributed by atoms with Gasteiger partial charge in [-0.05, 0) is 43.7 Å². The Morgan fingerprint density at radius 1 is 1.03 bits per heavy atom. The molecule has 0 aliphatic carbocycles. The van der Waals surface area contributed by atoms with Gasteiger partial charge in [0.05, 0.1) is 18.7 Å². The van der Waals surface area contributed by atoms with Crippen molar-refractivity contribution in [1.82, 2.24) is 10.2 Å². The van der Waals surface area contributed by atoms with Gasteiger partial charge in [0.25, 0.3) is 5.78 Å². The van der Waals surface area contributed by atoms with E-state index in [1.807, 2.05) is 31.2 Å². The van der Waals surface area contributed by atoms with Gasteiger partial charge in [0.2, 0.25) is 5.13 Å². The van der Waals surface area contributed by atoms with Crippen molar-refractivity contribution in [2.24, 2.45) is 0 Å². The molecule has 152 valence electrons. The molecule has 8 heteroatoms. The third-order valence-electron chi connectivity index (χ3n) is 4.92. The van der Waals surface area contributed by atoms with Crippen LogP contribution in [0.3, 0.4) is 0 Å². The molecule has 1 atom stereocenters. The molecule has 0 bridgehead atoms. The number of methoxy groups -OCH3 is 1. The summed E-state index contributed by atoms with van der Waals surface area (Å²) in [5, 5.41) is 20.1. The number of anilines is 1. The molecule has 2 heterocycles. The second-order valence-corrected chi connectivity index (χ2v) is 8.07. The minimum absolute atomic E-state index is 0.0156. The highest BCUT2D eigenvalue weighted by molar-refractivity contribution is 7.15. The number of Topliss-reactive ketones (excluding diaryl/α,β-unsaturated/α-hetero) is 1. The molecule has 7 nitrogen and oxygen atoms in total. The van der Waals surface area contributed by atoms with Gasteiger partial charge in [0.15, 0.2) is 0 Å². The number of aliphatic hydroxyl groups excluding tert-OH is 1. The summed E-state index contributed by atoms with van der Waals surface area (Å²) in [7, 11) is 1.54. The summed E-state index contributed by atoms with van der Waals surface area (Å²) < 4.78 is 5.15. The number of carbonyl (C=O) groups excluding carboxylic acids is 2. The van der Waals surface area contributed by atoms with Crippen molar-refractivity contribution in [2.45, 2.75) is 19.9 Å². The SMILES string of the molecule is COc1ccc(/C(O)=C2/C(=O)C(=O)N(c3nnc(C)s3)C2c2ccc(C)cc2)cc1. The molecule has 0 radical (unpaired) electrons. The molecule has 1 saturated heterocycles. The summed E-state index contributed by atoms with van der Waals surface area (Å²) in [5.74, 6) is -1.13. The van der Waals surface area contributed by atoms with Crippen LogP contribution in [0, 0.1) is 13.8 Å². The van der Waals surface area contributed by atoms with E-state index in [4.69, 9.17) is 4.74 Å². The Labute approximate surface area is 177 Å². The van der Waals surface area contributed by atoms with Crippen LogP contribution >= 0.6 is 11.3 Å². The van der Waals surface area contributed by atoms with Crippen molar-refractivity contribution in [3.63, 3.8) is 0 Å². The number of amides is 1. The standard InChI is InChI=1S/C22H19N3O4S/c1-12-4-6-14(7-5-12)18-17(19(26)15-8-10-16(29-3)11-9-15)20(27)21(28)25(18)22-24-23-13(2)30-22/h4-11,18,26H,1-3H3/b19-17-. The second-order valence-electron chi connectivity index (χ2n) is 6.91. The van der Waals surface area contributed by atoms with Crippen LogP contribution in [-0.4, -0.2) is 34.1 Å². The number of aryl methyl sites for hydroxylation is 2. The van der Waals surface area contributed by atoms with Crippen molar-refractivity contribution in [3.05, 3.63) is 75.8 Å². The minimum atomic E-state index is -0.806. The smallest absolute Gasteiger partial charge is 0.301 e. The van der Waals surface area contributed by atoms with Crippen LogP contribution in [-0.2, 0) is 9.59 Å². The summed E-state index contributed by atoms with van der Waals surface area (Å²) in [6, 6.07) is 13.3. The van der Waals surface area contributed by atoms with Crippen LogP contribution in [0.25, 0.3) is 5.76 Å². The summed E-state index contributed by atoms with van der Waals surface area (Å²) in [4.78, 5) is 27.3. The number of benzene rings is 2. The fourth-order valence-corrected chi connectivity index (χ4v) is 4.10. The van der Waals surface area contributed by atoms with E-state index >= 15 is 0 Å². The molecule has 30 heavy (non-hydrogen) atoms. The minimum Gasteiger partial charge on any atom is -0.507 e. The highest BCUT2D eigenvalue weighted by atomic mass is 32.1. The zero-order valence-corrected chi connectivity index (χ0v) is 17.4. The average molecular weight is 421 g/mol. The van der Waals surface area contributed by atoms with Crippen LogP contribution in [0.15, 0.2) is 54.1 Å². The van der Waals surface area contributed by atoms with E-state index in [1.165, 1.54) is 16.2 Å². The molecule has 3 aromatic rings. The maximum Gasteiger partial charge on any atom is 0.301 e. The maximum absolute atomic E-state index is 13.0. The zero-order valence-electron chi connectivity index (χ0n) is 16.6. The number of hydrogen-bond acceptors (Lipinski definition) is 7. The number of hydrogen-bond donors (Lipinski definition) is 1. The first-order valence-corrected chi connectivity index (χ1v) is 10.0. The second kappa shape index (κ2) is 7.72. The fourth-order valence-electron chi connectivity index (χ4n) is 3.38. The molecule has 1 aliphatic rings. The predicted molar refractivity (Wildman–Crippen MR) is 114 cm³/mol. The van der Waals surface area contributed by atoms with Gasteiger partial charge >= 0.3 is 5.91 Å². The number of rotatable bonds is 4. The van der Waals surface area contributed by atoms with Crippen LogP contribution in [0.1, 0.15) is 27.7 Å². The lowest BCUT2D eigenvalue weighted by atomic mass is 9.95. The first-order valence-electron chi connectivity index (χ1n) is 9.23. The predicted octanol–water partition coefficient (Wildman–Crippen LogP) is 3.79. The number of aromatic nitrogens is 2. The molecular weight excluding hydrogens is 402 g/mol. The molecule has 1 aromatic heterocycles. The molecular formula is C22H19N3O4S. The quantitative estimate of drug-likeness (QED) is 0.391. The van der Waals surface area contributed by atoms with Gasteiger partial charge in [-0.15, -0.1) is 10.2 Å². The van der Waals surface area contributed by atoms with Crippen molar-refractivity contribution in [2.75, 3.05) is 12.0 Å². The molecule has 1 N–H and O–H groups in total. The molecule has 1 amide bonds. The van der Waals surface area contributed by atoms with Gasteiger partial charge in [-0.25, -0.2) is 0 Å². The summed E-state index contributed by atoms with van der Waals surface area (Å²) in [5.41, 5.74) is 2.17. The molecule has 2 aromatic carbocycles. The van der Waals surface area contributed by atoms with Crippen LogP contribution in [0.4, 0.5) is 5.13 Å². The van der Waals surface area contributed by atoms with Crippen molar-refractivity contribution < 1.29 is 19.4 Å². The number of ketones is 1. The number of nitrogens with zero attached hydrogens (tertiary/aromatic N) is 3. The van der Waals surface area contributed by atoms with E-state index < -0.39 is 17.7 Å². The Bertz CT molecular complexity index is 1150. The largest absolute Gasteiger partial charge is 0.507 e. The average Bonchev–Trinajstić information content (AvgIpc) is 3.29. The zero-order chi connectivity index (χ0) is 21.4. The van der Waals surface area contributed by atoms with E-state index in [0.29, 0.717) is 27.0 Å². The van der Waals surface area contributed by atoms with E-state index in [9.17, 15) is 14.7 Å². The van der Waals surface area contributed by atoms with Gasteiger partial charge < -0.3 is 9.84 Å². The molecule has 1 unspecified atom stereocenters. The van der Waals surface area contributed by atoms with Gasteiger partial charge in [-0.2, -0.15) is 0 Å². The van der Waals surface area contributed by atoms with Gasteiger partial charge in [-0.3, -0.25) is 14.5 Å². The Balaban J connectivity index is 1.91. The fraction of sp³-hybridized carbons (Fsp3) is 0.182. The highest BCUT2D eigenvalue weighted by Crippen LogP contribution is 2.43. The van der Waals surface area contributed by atoms with Crippen LogP contribution < -0.4 is 9.64 Å². The third kappa shape index (κ3) is 3.35. The molecule has 4 rings (SSSR count). The van der Waals surface area contributed by atoms with E-state index in [2.05, 4.69) is 10.2 Å². The van der Waals surface area contributed by atoms with Crippen molar-refractivity contribution >= 4 is 33.9 Å². The lowest BCUT2D eigenvalue weighted by Crippen LogP contribution is -2.29. The van der Waals surface area contributed by atoms with Crippen LogP contribution in [0.2, 0.25) is 0 Å². The summed E-state index contributed by atoms with van der Waals surface area (Å²) in [6.45, 7) is 3.72. The van der Waals surface area contributed by atoms with E-state index in [0.717, 1.165) is 5.56 Å². The Morgan fingerprint density at radius 2 is 1.70 bits per heavy atom. The number of carbonyl (C=O) groups is 2. The highest BCUT2D eigenvalue weighted by Gasteiger charge is 2.48. The molecule has 0 spiro atoms. The first-order chi connectivity index (χ1) is 14.4. The molecule has 0 saturated carbocycles. The van der Waals surface area contributed by atoms with E-state index in [1.54, 1.807) is 38.3 Å². The maximum atomic E-state index is 13.0. The topological polar surface area (TPSA) is 92.6 Å². The number of aliphatic hydroxyl groups is 1. The Kier molecular flexibility index (Phi) is 5.09. The lowest BCUT2D eigenvalue weighted by molar-refractivity contribution is -0.132. The van der Waals surface area contributed by atoms with Gasteiger partial charge in [0, 0.05) is 5.56 Å². The van der Waals surface area contributed by atoms with Crippen LogP contribution in [0.5, 0.6) is 5.75 Å². The Morgan fingerprint density at radius 3 is 2.27 bits per heavy atom. The monoisotopic (exact) mass is 421 g/mol. The van der Waals surface area contributed by atoms with Gasteiger partial charge in [0.1, 0.15) is 16.5 Å². The van der Waals surface area contributed by atoms with Crippen molar-refractivity contribution in [1.29, 1.82) is 0 Å². The summed E-state index contributed by atoms with van der Waals surface area (Å²) in [6.07, 6.45) is 0.